The number of rotatable bonds is 4. The summed E-state index contributed by atoms with van der Waals surface area (Å²) in [5.41, 5.74) is 12.7. The second kappa shape index (κ2) is 4.80. The fourth-order valence-electron chi connectivity index (χ4n) is 1.30. The van der Waals surface area contributed by atoms with Crippen LogP contribution in [-0.2, 0) is 4.79 Å². The minimum atomic E-state index is -1.55. The summed E-state index contributed by atoms with van der Waals surface area (Å²) >= 11 is 0. The zero-order chi connectivity index (χ0) is 12.2. The second-order valence-corrected chi connectivity index (χ2v) is 3.53. The highest BCUT2D eigenvalue weighted by atomic mass is 16.4. The molecule has 2 atom stereocenters. The smallest absolute Gasteiger partial charge is 0.320 e. The first-order valence-corrected chi connectivity index (χ1v) is 4.62. The molecule has 0 saturated heterocycles. The third kappa shape index (κ3) is 3.09. The third-order valence-corrected chi connectivity index (χ3v) is 2.22. The highest BCUT2D eigenvalue weighted by Gasteiger charge is 2.24. The number of aliphatic hydroxyl groups is 1. The van der Waals surface area contributed by atoms with Crippen LogP contribution < -0.4 is 5.73 Å². The monoisotopic (exact) mass is 224 g/mol. The van der Waals surface area contributed by atoms with Crippen molar-refractivity contribution in [1.82, 2.24) is 0 Å². The first-order valence-electron chi connectivity index (χ1n) is 4.62. The summed E-state index contributed by atoms with van der Waals surface area (Å²) in [6.45, 7) is 0. The maximum Gasteiger partial charge on any atom is 0.320 e. The number of carboxylic acids is 1. The molecule has 1 aliphatic rings. The minimum absolute atomic E-state index is 0.120. The van der Waals surface area contributed by atoms with Gasteiger partial charge in [0.25, 0.3) is 0 Å². The normalized spacial score (nSPS) is 25.5. The Hall–Kier alpha value is -1.82. The van der Waals surface area contributed by atoms with E-state index < -0.39 is 17.7 Å². The Morgan fingerprint density at radius 1 is 1.81 bits per heavy atom. The molecule has 0 aromatic carbocycles. The lowest BCUT2D eigenvalue weighted by molar-refractivity contribution is -0.138. The Morgan fingerprint density at radius 2 is 2.50 bits per heavy atom. The summed E-state index contributed by atoms with van der Waals surface area (Å²) in [4.78, 5) is 13.0. The van der Waals surface area contributed by atoms with Crippen molar-refractivity contribution < 1.29 is 15.0 Å². The zero-order valence-electron chi connectivity index (χ0n) is 8.45. The Bertz CT molecular complexity index is 398. The maximum atomic E-state index is 10.5. The van der Waals surface area contributed by atoms with Crippen molar-refractivity contribution in [3.05, 3.63) is 34.2 Å². The minimum Gasteiger partial charge on any atom is -0.480 e. The summed E-state index contributed by atoms with van der Waals surface area (Å²) in [5.74, 6) is -1.08. The van der Waals surface area contributed by atoms with Gasteiger partial charge in [-0.15, -0.1) is 0 Å². The molecule has 1 unspecified atom stereocenters. The van der Waals surface area contributed by atoms with Crippen LogP contribution >= 0.6 is 0 Å². The van der Waals surface area contributed by atoms with Gasteiger partial charge in [-0.25, -0.2) is 0 Å². The molecule has 0 spiro atoms. The maximum absolute atomic E-state index is 10.5. The molecular weight excluding hydrogens is 212 g/mol. The lowest BCUT2D eigenvalue weighted by Crippen LogP contribution is -2.31. The number of nitrogens with zero attached hydrogens (tertiary/aromatic N) is 3. The lowest BCUT2D eigenvalue weighted by atomic mass is 9.96. The SMILES string of the molecule is [N-]=[N+]=NC1(O)C=CC(C[C@H](N)C(=O)O)=CC1. The molecule has 0 saturated carbocycles. The second-order valence-electron chi connectivity index (χ2n) is 3.53. The van der Waals surface area contributed by atoms with Gasteiger partial charge in [-0.1, -0.05) is 17.3 Å². The predicted octanol–water partition coefficient (Wildman–Crippen LogP) is 0.674. The molecule has 4 N–H and O–H groups in total. The van der Waals surface area contributed by atoms with Gasteiger partial charge in [-0.2, -0.15) is 0 Å². The van der Waals surface area contributed by atoms with E-state index in [1.165, 1.54) is 12.2 Å². The zero-order valence-corrected chi connectivity index (χ0v) is 8.45. The quantitative estimate of drug-likeness (QED) is 0.367. The summed E-state index contributed by atoms with van der Waals surface area (Å²) in [7, 11) is 0. The molecule has 86 valence electrons. The molecule has 0 bridgehead atoms. The van der Waals surface area contributed by atoms with Crippen molar-refractivity contribution in [2.24, 2.45) is 10.8 Å². The highest BCUT2D eigenvalue weighted by molar-refractivity contribution is 5.73. The van der Waals surface area contributed by atoms with Crippen LogP contribution in [0.1, 0.15) is 12.8 Å². The topological polar surface area (TPSA) is 132 Å². The Morgan fingerprint density at radius 3 is 2.94 bits per heavy atom. The van der Waals surface area contributed by atoms with Crippen LogP contribution in [0.25, 0.3) is 10.4 Å². The van der Waals surface area contributed by atoms with E-state index in [1.807, 2.05) is 0 Å². The third-order valence-electron chi connectivity index (χ3n) is 2.22. The highest BCUT2D eigenvalue weighted by Crippen LogP contribution is 2.24. The molecule has 0 aliphatic heterocycles. The first-order chi connectivity index (χ1) is 7.47. The number of hydrogen-bond acceptors (Lipinski definition) is 4. The van der Waals surface area contributed by atoms with Gasteiger partial charge in [-0.3, -0.25) is 4.79 Å². The van der Waals surface area contributed by atoms with Gasteiger partial charge in [0.2, 0.25) is 0 Å². The van der Waals surface area contributed by atoms with Gasteiger partial charge in [0, 0.05) is 11.3 Å². The van der Waals surface area contributed by atoms with E-state index >= 15 is 0 Å². The van der Waals surface area contributed by atoms with E-state index in [2.05, 4.69) is 10.0 Å². The molecule has 0 radical (unpaired) electrons. The predicted molar refractivity (Wildman–Crippen MR) is 56.2 cm³/mol. The van der Waals surface area contributed by atoms with Crippen LogP contribution in [0, 0.1) is 0 Å². The van der Waals surface area contributed by atoms with Gasteiger partial charge >= 0.3 is 5.97 Å². The van der Waals surface area contributed by atoms with Crippen LogP contribution in [0.5, 0.6) is 0 Å². The molecule has 0 aromatic heterocycles. The summed E-state index contributed by atoms with van der Waals surface area (Å²) in [6.07, 6.45) is 4.75. The number of carbonyl (C=O) groups is 1. The molecule has 0 heterocycles. The Kier molecular flexibility index (Phi) is 3.68. The molecule has 16 heavy (non-hydrogen) atoms. The molecule has 0 aromatic rings. The lowest BCUT2D eigenvalue weighted by Gasteiger charge is -2.21. The molecule has 7 heteroatoms. The Labute approximate surface area is 91.5 Å². The summed E-state index contributed by atoms with van der Waals surface area (Å²) in [6, 6.07) is -0.971. The van der Waals surface area contributed by atoms with Crippen LogP contribution in [0.4, 0.5) is 0 Å². The Balaban J connectivity index is 2.65. The van der Waals surface area contributed by atoms with E-state index in [1.54, 1.807) is 6.08 Å². The average molecular weight is 224 g/mol. The van der Waals surface area contributed by atoms with Crippen molar-refractivity contribution in [3.8, 4) is 0 Å². The summed E-state index contributed by atoms with van der Waals surface area (Å²) in [5, 5.41) is 21.5. The van der Waals surface area contributed by atoms with E-state index in [0.717, 1.165) is 0 Å². The molecule has 0 amide bonds. The molecule has 1 aliphatic carbocycles. The van der Waals surface area contributed by atoms with Crippen LogP contribution in [-0.4, -0.2) is 27.9 Å². The number of hydrogen-bond donors (Lipinski definition) is 3. The van der Waals surface area contributed by atoms with E-state index in [4.69, 9.17) is 16.4 Å². The van der Waals surface area contributed by atoms with Gasteiger partial charge in [0.15, 0.2) is 5.72 Å². The summed E-state index contributed by atoms with van der Waals surface area (Å²) < 4.78 is 0. The van der Waals surface area contributed by atoms with Crippen molar-refractivity contribution in [2.45, 2.75) is 24.6 Å². The number of azide groups is 1. The van der Waals surface area contributed by atoms with Crippen molar-refractivity contribution in [2.75, 3.05) is 0 Å². The fraction of sp³-hybridized carbons (Fsp3) is 0.444. The van der Waals surface area contributed by atoms with Crippen molar-refractivity contribution in [1.29, 1.82) is 0 Å². The number of carboxylic acid groups (broad SMARTS) is 1. The molecule has 7 nitrogen and oxygen atoms in total. The van der Waals surface area contributed by atoms with E-state index in [9.17, 15) is 9.90 Å². The number of allylic oxidation sites excluding steroid dienone is 1. The first kappa shape index (κ1) is 12.3. The van der Waals surface area contributed by atoms with Crippen LogP contribution in [0.3, 0.4) is 0 Å². The molecular formula is C9H12N4O3. The van der Waals surface area contributed by atoms with Gasteiger partial charge in [0.1, 0.15) is 6.04 Å². The van der Waals surface area contributed by atoms with E-state index in [0.29, 0.717) is 5.57 Å². The average Bonchev–Trinajstić information content (AvgIpc) is 2.22. The van der Waals surface area contributed by atoms with Crippen molar-refractivity contribution >= 4 is 5.97 Å². The number of aliphatic carboxylic acids is 1. The van der Waals surface area contributed by atoms with Crippen LogP contribution in [0.15, 0.2) is 28.9 Å². The largest absolute Gasteiger partial charge is 0.480 e. The van der Waals surface area contributed by atoms with E-state index in [-0.39, 0.29) is 12.8 Å². The molecule has 1 rings (SSSR count). The van der Waals surface area contributed by atoms with Gasteiger partial charge in [0.05, 0.1) is 0 Å². The molecule has 0 fully saturated rings. The fourth-order valence-corrected chi connectivity index (χ4v) is 1.30. The van der Waals surface area contributed by atoms with Gasteiger partial charge in [-0.05, 0) is 23.6 Å². The standard InChI is InChI=1S/C9H12N4O3/c10-7(8(14)15)5-6-1-3-9(16,4-2-6)12-13-11/h1-3,7,16H,4-5,10H2,(H,14,15)/t7-,9?/m0/s1. The number of nitrogens with two attached hydrogens (primary N) is 1. The van der Waals surface area contributed by atoms with Gasteiger partial charge < -0.3 is 15.9 Å². The van der Waals surface area contributed by atoms with Crippen LogP contribution in [0.2, 0.25) is 0 Å². The van der Waals surface area contributed by atoms with Crippen molar-refractivity contribution in [3.63, 3.8) is 0 Å².